The summed E-state index contributed by atoms with van der Waals surface area (Å²) in [5, 5.41) is 8.64. The number of ether oxygens (including phenoxy) is 1. The zero-order valence-electron chi connectivity index (χ0n) is 6.55. The highest BCUT2D eigenvalue weighted by atomic mass is 16.5. The Morgan fingerprint density at radius 2 is 2.50 bits per heavy atom. The monoisotopic (exact) mass is 139 g/mol. The van der Waals surface area contributed by atoms with Gasteiger partial charge in [0.1, 0.15) is 0 Å². The lowest BCUT2D eigenvalue weighted by atomic mass is 10.1. The molecule has 0 radical (unpaired) electrons. The van der Waals surface area contributed by atoms with E-state index >= 15 is 0 Å². The van der Waals surface area contributed by atoms with Gasteiger partial charge in [0.05, 0.1) is 11.5 Å². The van der Waals surface area contributed by atoms with Crippen molar-refractivity contribution in [2.45, 2.75) is 19.8 Å². The van der Waals surface area contributed by atoms with E-state index in [2.05, 4.69) is 6.07 Å². The van der Waals surface area contributed by atoms with Gasteiger partial charge >= 0.3 is 0 Å². The Hall–Kier alpha value is -0.550. The molecule has 0 aromatic carbocycles. The lowest BCUT2D eigenvalue weighted by Gasteiger charge is -1.98. The van der Waals surface area contributed by atoms with Gasteiger partial charge in [-0.2, -0.15) is 5.26 Å². The van der Waals surface area contributed by atoms with Gasteiger partial charge in [-0.15, -0.1) is 0 Å². The molecular weight excluding hydrogens is 126 g/mol. The van der Waals surface area contributed by atoms with E-state index in [0.717, 1.165) is 19.4 Å². The summed E-state index contributed by atoms with van der Waals surface area (Å²) in [7, 11) is 1.70. The van der Waals surface area contributed by atoms with Crippen LogP contribution >= 0.6 is 0 Å². The van der Waals surface area contributed by atoms with E-state index in [9.17, 15) is 0 Å². The molecule has 1 rings (SSSR count). The van der Waals surface area contributed by atoms with Crippen LogP contribution < -0.4 is 0 Å². The highest BCUT2D eigenvalue weighted by Crippen LogP contribution is 2.53. The molecule has 0 amide bonds. The summed E-state index contributed by atoms with van der Waals surface area (Å²) >= 11 is 0. The van der Waals surface area contributed by atoms with E-state index in [1.54, 1.807) is 7.11 Å². The fraction of sp³-hybridized carbons (Fsp3) is 0.875. The van der Waals surface area contributed by atoms with Crippen molar-refractivity contribution >= 4 is 0 Å². The van der Waals surface area contributed by atoms with Crippen molar-refractivity contribution in [2.75, 3.05) is 13.7 Å². The molecule has 0 heterocycles. The standard InChI is InChI=1S/C8H13NO/c1-8(6-9)5-7(8)3-4-10-2/h7H,3-5H2,1-2H3/t7-,8+/m0/s1. The summed E-state index contributed by atoms with van der Waals surface area (Å²) in [4.78, 5) is 0. The number of methoxy groups -OCH3 is 1. The quantitative estimate of drug-likeness (QED) is 0.594. The first-order valence-electron chi connectivity index (χ1n) is 3.63. The van der Waals surface area contributed by atoms with Gasteiger partial charge in [-0.1, -0.05) is 0 Å². The van der Waals surface area contributed by atoms with Crippen LogP contribution in [0.3, 0.4) is 0 Å². The number of nitriles is 1. The number of nitrogens with zero attached hydrogens (tertiary/aromatic N) is 1. The van der Waals surface area contributed by atoms with Gasteiger partial charge in [0.2, 0.25) is 0 Å². The first-order valence-corrected chi connectivity index (χ1v) is 3.63. The van der Waals surface area contributed by atoms with Crippen LogP contribution in [0.25, 0.3) is 0 Å². The Kier molecular flexibility index (Phi) is 1.96. The van der Waals surface area contributed by atoms with Crippen molar-refractivity contribution in [3.8, 4) is 6.07 Å². The molecule has 2 atom stereocenters. The summed E-state index contributed by atoms with van der Waals surface area (Å²) in [5.41, 5.74) is -0.0153. The van der Waals surface area contributed by atoms with Gasteiger partial charge in [0, 0.05) is 13.7 Å². The second-order valence-corrected chi connectivity index (χ2v) is 3.21. The van der Waals surface area contributed by atoms with Gasteiger partial charge in [0.25, 0.3) is 0 Å². The maximum atomic E-state index is 8.64. The molecule has 56 valence electrons. The fourth-order valence-corrected chi connectivity index (χ4v) is 1.27. The average molecular weight is 139 g/mol. The highest BCUT2D eigenvalue weighted by Gasteiger charge is 2.49. The van der Waals surface area contributed by atoms with Crippen molar-refractivity contribution in [1.82, 2.24) is 0 Å². The molecule has 1 fully saturated rings. The van der Waals surface area contributed by atoms with E-state index in [-0.39, 0.29) is 5.41 Å². The third-order valence-electron chi connectivity index (χ3n) is 2.34. The summed E-state index contributed by atoms with van der Waals surface area (Å²) in [5.74, 6) is 0.595. The van der Waals surface area contributed by atoms with Crippen LogP contribution in [0.15, 0.2) is 0 Å². The van der Waals surface area contributed by atoms with Crippen molar-refractivity contribution in [1.29, 1.82) is 5.26 Å². The van der Waals surface area contributed by atoms with E-state index < -0.39 is 0 Å². The minimum atomic E-state index is -0.0153. The zero-order chi connectivity index (χ0) is 7.61. The van der Waals surface area contributed by atoms with E-state index in [1.165, 1.54) is 0 Å². The molecule has 10 heavy (non-hydrogen) atoms. The maximum Gasteiger partial charge on any atom is 0.0689 e. The van der Waals surface area contributed by atoms with Crippen LogP contribution in [0.5, 0.6) is 0 Å². The Morgan fingerprint density at radius 3 is 2.90 bits per heavy atom. The van der Waals surface area contributed by atoms with Gasteiger partial charge in [0.15, 0.2) is 0 Å². The molecule has 2 heteroatoms. The molecule has 0 aromatic heterocycles. The number of rotatable bonds is 3. The first kappa shape index (κ1) is 7.56. The fourth-order valence-electron chi connectivity index (χ4n) is 1.27. The molecule has 0 aromatic rings. The minimum absolute atomic E-state index is 0.0153. The van der Waals surface area contributed by atoms with Gasteiger partial charge in [-0.3, -0.25) is 0 Å². The Labute approximate surface area is 61.8 Å². The molecule has 0 unspecified atom stereocenters. The van der Waals surface area contributed by atoms with Crippen molar-refractivity contribution < 1.29 is 4.74 Å². The second-order valence-electron chi connectivity index (χ2n) is 3.21. The summed E-state index contributed by atoms with van der Waals surface area (Å²) < 4.78 is 4.92. The first-order chi connectivity index (χ1) is 4.73. The Bertz CT molecular complexity index is 161. The van der Waals surface area contributed by atoms with Crippen molar-refractivity contribution in [2.24, 2.45) is 11.3 Å². The summed E-state index contributed by atoms with van der Waals surface area (Å²) in [6.07, 6.45) is 2.10. The van der Waals surface area contributed by atoms with Crippen molar-refractivity contribution in [3.63, 3.8) is 0 Å². The molecule has 0 spiro atoms. The molecule has 0 N–H and O–H groups in total. The van der Waals surface area contributed by atoms with Crippen LogP contribution in [-0.2, 0) is 4.74 Å². The van der Waals surface area contributed by atoms with Crippen LogP contribution in [-0.4, -0.2) is 13.7 Å². The zero-order valence-corrected chi connectivity index (χ0v) is 6.55. The van der Waals surface area contributed by atoms with E-state index in [4.69, 9.17) is 10.00 Å². The maximum absolute atomic E-state index is 8.64. The SMILES string of the molecule is COCC[C@H]1C[C@]1(C)C#N. The van der Waals surface area contributed by atoms with Crippen molar-refractivity contribution in [3.05, 3.63) is 0 Å². The lowest BCUT2D eigenvalue weighted by molar-refractivity contribution is 0.187. The van der Waals surface area contributed by atoms with Crippen LogP contribution in [0.4, 0.5) is 0 Å². The minimum Gasteiger partial charge on any atom is -0.385 e. The van der Waals surface area contributed by atoms with Gasteiger partial charge in [-0.05, 0) is 25.7 Å². The molecule has 1 saturated carbocycles. The van der Waals surface area contributed by atoms with E-state index in [1.807, 2.05) is 6.92 Å². The number of hydrogen-bond acceptors (Lipinski definition) is 2. The van der Waals surface area contributed by atoms with Crippen LogP contribution in [0.2, 0.25) is 0 Å². The number of hydrogen-bond donors (Lipinski definition) is 0. The lowest BCUT2D eigenvalue weighted by Crippen LogP contribution is -1.96. The second kappa shape index (κ2) is 2.59. The topological polar surface area (TPSA) is 33.0 Å². The molecule has 0 bridgehead atoms. The van der Waals surface area contributed by atoms with Gasteiger partial charge < -0.3 is 4.74 Å². The molecule has 2 nitrogen and oxygen atoms in total. The van der Waals surface area contributed by atoms with Crippen LogP contribution in [0.1, 0.15) is 19.8 Å². The molecule has 0 saturated heterocycles. The Morgan fingerprint density at radius 1 is 1.80 bits per heavy atom. The smallest absolute Gasteiger partial charge is 0.0689 e. The largest absolute Gasteiger partial charge is 0.385 e. The van der Waals surface area contributed by atoms with E-state index in [0.29, 0.717) is 5.92 Å². The summed E-state index contributed by atoms with van der Waals surface area (Å²) in [6, 6.07) is 2.32. The third kappa shape index (κ3) is 1.30. The predicted molar refractivity (Wildman–Crippen MR) is 38.3 cm³/mol. The third-order valence-corrected chi connectivity index (χ3v) is 2.34. The molecule has 1 aliphatic rings. The van der Waals surface area contributed by atoms with Crippen LogP contribution in [0, 0.1) is 22.7 Å². The van der Waals surface area contributed by atoms with Gasteiger partial charge in [-0.25, -0.2) is 0 Å². The predicted octanol–water partition coefficient (Wildman–Crippen LogP) is 1.57. The normalized spacial score (nSPS) is 37.1. The average Bonchev–Trinajstić information content (AvgIpc) is 2.59. The summed E-state index contributed by atoms with van der Waals surface area (Å²) in [6.45, 7) is 2.81. The molecule has 0 aliphatic heterocycles. The highest BCUT2D eigenvalue weighted by molar-refractivity contribution is 5.12. The molecule has 1 aliphatic carbocycles. The molecular formula is C8H13NO. The Balaban J connectivity index is 2.20.